The molecule has 33 heavy (non-hydrogen) atoms. The van der Waals surface area contributed by atoms with Gasteiger partial charge in [0.05, 0.1) is 16.7 Å². The standard InChI is InChI=1S/C28H33N5/c1-29-25-12-7-10-22-14-15-23(30-28(22)25)17-27-31-24-11-4-5-13-26(24)33(27)19-21-9-6-8-20(16-21)18-32(2)3/h4-6,8-9,11,13-16,25,29H,7,10,12,17-19H2,1-3H3. The number of pyridine rings is 1. The number of hydrogen-bond donors (Lipinski definition) is 1. The molecule has 5 rings (SSSR count). The average molecular weight is 440 g/mol. The Hall–Kier alpha value is -3.02. The van der Waals surface area contributed by atoms with E-state index < -0.39 is 0 Å². The van der Waals surface area contributed by atoms with E-state index in [2.05, 4.69) is 89.5 Å². The van der Waals surface area contributed by atoms with Crippen LogP contribution < -0.4 is 5.32 Å². The lowest BCUT2D eigenvalue weighted by Crippen LogP contribution is -2.23. The number of nitrogens with one attached hydrogen (secondary N) is 1. The Morgan fingerprint density at radius 1 is 1.00 bits per heavy atom. The summed E-state index contributed by atoms with van der Waals surface area (Å²) in [6.07, 6.45) is 4.24. The van der Waals surface area contributed by atoms with E-state index >= 15 is 0 Å². The first kappa shape index (κ1) is 21.8. The third-order valence-corrected chi connectivity index (χ3v) is 6.59. The molecule has 2 aromatic heterocycles. The largest absolute Gasteiger partial charge is 0.323 e. The van der Waals surface area contributed by atoms with E-state index in [1.807, 2.05) is 7.05 Å². The van der Waals surface area contributed by atoms with Gasteiger partial charge in [-0.15, -0.1) is 0 Å². The average Bonchev–Trinajstić information content (AvgIpc) is 3.15. The van der Waals surface area contributed by atoms with Gasteiger partial charge in [-0.25, -0.2) is 4.98 Å². The van der Waals surface area contributed by atoms with Crippen LogP contribution in [0.2, 0.25) is 0 Å². The van der Waals surface area contributed by atoms with Crippen LogP contribution in [0.5, 0.6) is 0 Å². The summed E-state index contributed by atoms with van der Waals surface area (Å²) in [4.78, 5) is 12.3. The fraction of sp³-hybridized carbons (Fsp3) is 0.357. The van der Waals surface area contributed by atoms with E-state index in [0.29, 0.717) is 6.04 Å². The minimum absolute atomic E-state index is 0.354. The number of nitrogens with zero attached hydrogens (tertiary/aromatic N) is 4. The van der Waals surface area contributed by atoms with Gasteiger partial charge in [0.2, 0.25) is 0 Å². The van der Waals surface area contributed by atoms with Crippen molar-refractivity contribution in [1.82, 2.24) is 24.8 Å². The molecule has 0 bridgehead atoms. The van der Waals surface area contributed by atoms with Crippen LogP contribution >= 0.6 is 0 Å². The van der Waals surface area contributed by atoms with Crippen LogP contribution in [0.1, 0.15) is 52.8 Å². The molecule has 0 saturated carbocycles. The summed E-state index contributed by atoms with van der Waals surface area (Å²) in [5.74, 6) is 1.07. The molecule has 4 aromatic rings. The first-order chi connectivity index (χ1) is 16.1. The van der Waals surface area contributed by atoms with Crippen LogP contribution in [0.25, 0.3) is 11.0 Å². The maximum absolute atomic E-state index is 5.10. The third-order valence-electron chi connectivity index (χ3n) is 6.59. The molecule has 0 amide bonds. The SMILES string of the molecule is CNC1CCCc2ccc(Cc3nc4ccccc4n3Cc3cccc(CN(C)C)c3)nc21. The van der Waals surface area contributed by atoms with E-state index in [1.54, 1.807) is 0 Å². The number of aromatic nitrogens is 3. The molecule has 0 spiro atoms. The molecular formula is C28H33N5. The Morgan fingerprint density at radius 2 is 1.85 bits per heavy atom. The van der Waals surface area contributed by atoms with Crippen LogP contribution in [-0.2, 0) is 25.9 Å². The summed E-state index contributed by atoms with van der Waals surface area (Å²) >= 11 is 0. The number of imidazole rings is 1. The second-order valence-corrected chi connectivity index (χ2v) is 9.42. The van der Waals surface area contributed by atoms with Crippen molar-refractivity contribution in [2.75, 3.05) is 21.1 Å². The molecule has 0 radical (unpaired) electrons. The molecule has 2 heterocycles. The smallest absolute Gasteiger partial charge is 0.116 e. The van der Waals surface area contributed by atoms with Crippen molar-refractivity contribution < 1.29 is 0 Å². The zero-order valence-electron chi connectivity index (χ0n) is 19.9. The second kappa shape index (κ2) is 9.46. The summed E-state index contributed by atoms with van der Waals surface area (Å²) in [5, 5.41) is 3.45. The third kappa shape index (κ3) is 4.70. The fourth-order valence-electron chi connectivity index (χ4n) is 5.04. The number of rotatable bonds is 7. The normalized spacial score (nSPS) is 15.8. The van der Waals surface area contributed by atoms with Crippen molar-refractivity contribution in [3.05, 3.63) is 94.6 Å². The molecule has 2 aromatic carbocycles. The van der Waals surface area contributed by atoms with Crippen molar-refractivity contribution in [1.29, 1.82) is 0 Å². The molecular weight excluding hydrogens is 406 g/mol. The first-order valence-corrected chi connectivity index (χ1v) is 11.9. The first-order valence-electron chi connectivity index (χ1n) is 11.9. The van der Waals surface area contributed by atoms with E-state index in [9.17, 15) is 0 Å². The van der Waals surface area contributed by atoms with Gasteiger partial charge in [-0.1, -0.05) is 42.5 Å². The summed E-state index contributed by atoms with van der Waals surface area (Å²) in [6, 6.07) is 22.2. The summed E-state index contributed by atoms with van der Waals surface area (Å²) in [6.45, 7) is 1.75. The lowest BCUT2D eigenvalue weighted by Gasteiger charge is -2.24. The van der Waals surface area contributed by atoms with Crippen molar-refractivity contribution in [2.24, 2.45) is 0 Å². The molecule has 1 N–H and O–H groups in total. The molecule has 0 fully saturated rings. The predicted molar refractivity (Wildman–Crippen MR) is 134 cm³/mol. The Balaban J connectivity index is 1.49. The van der Waals surface area contributed by atoms with Crippen molar-refractivity contribution in [2.45, 2.75) is 44.8 Å². The summed E-state index contributed by atoms with van der Waals surface area (Å²) in [7, 11) is 6.26. The summed E-state index contributed by atoms with van der Waals surface area (Å²) in [5.41, 5.74) is 8.55. The van der Waals surface area contributed by atoms with Gasteiger partial charge in [0.15, 0.2) is 0 Å². The molecule has 170 valence electrons. The van der Waals surface area contributed by atoms with E-state index in [-0.39, 0.29) is 0 Å². The molecule has 5 nitrogen and oxygen atoms in total. The van der Waals surface area contributed by atoms with E-state index in [1.165, 1.54) is 34.3 Å². The Labute approximate surface area is 196 Å². The Morgan fingerprint density at radius 3 is 2.70 bits per heavy atom. The number of aryl methyl sites for hydroxylation is 1. The van der Waals surface area contributed by atoms with Gasteiger partial charge in [-0.3, -0.25) is 4.98 Å². The molecule has 1 aliphatic rings. The second-order valence-electron chi connectivity index (χ2n) is 9.42. The minimum Gasteiger partial charge on any atom is -0.323 e. The van der Waals surface area contributed by atoms with E-state index in [4.69, 9.17) is 9.97 Å². The zero-order chi connectivity index (χ0) is 22.8. The highest BCUT2D eigenvalue weighted by Gasteiger charge is 2.21. The molecule has 1 atom stereocenters. The lowest BCUT2D eigenvalue weighted by atomic mass is 9.91. The van der Waals surface area contributed by atoms with Gasteiger partial charge in [-0.05, 0) is 75.3 Å². The monoisotopic (exact) mass is 439 g/mol. The maximum Gasteiger partial charge on any atom is 0.116 e. The quantitative estimate of drug-likeness (QED) is 0.452. The number of hydrogen-bond acceptors (Lipinski definition) is 4. The highest BCUT2D eigenvalue weighted by atomic mass is 15.1. The molecule has 0 aliphatic heterocycles. The molecule has 0 saturated heterocycles. The van der Waals surface area contributed by atoms with Crippen molar-refractivity contribution >= 4 is 11.0 Å². The van der Waals surface area contributed by atoms with Gasteiger partial charge < -0.3 is 14.8 Å². The highest BCUT2D eigenvalue weighted by Crippen LogP contribution is 2.29. The van der Waals surface area contributed by atoms with Crippen LogP contribution in [0, 0.1) is 0 Å². The molecule has 5 heteroatoms. The number of para-hydroxylation sites is 2. The van der Waals surface area contributed by atoms with Gasteiger partial charge >= 0.3 is 0 Å². The van der Waals surface area contributed by atoms with Crippen molar-refractivity contribution in [3.8, 4) is 0 Å². The van der Waals surface area contributed by atoms with Crippen LogP contribution in [-0.4, -0.2) is 40.6 Å². The van der Waals surface area contributed by atoms with Gasteiger partial charge in [-0.2, -0.15) is 0 Å². The van der Waals surface area contributed by atoms with E-state index in [0.717, 1.165) is 49.4 Å². The van der Waals surface area contributed by atoms with Crippen LogP contribution in [0.15, 0.2) is 60.7 Å². The highest BCUT2D eigenvalue weighted by molar-refractivity contribution is 5.76. The minimum atomic E-state index is 0.354. The lowest BCUT2D eigenvalue weighted by molar-refractivity contribution is 0.402. The van der Waals surface area contributed by atoms with Crippen LogP contribution in [0.4, 0.5) is 0 Å². The fourth-order valence-corrected chi connectivity index (χ4v) is 5.04. The number of fused-ring (bicyclic) bond motifs is 2. The maximum atomic E-state index is 5.10. The zero-order valence-corrected chi connectivity index (χ0v) is 19.9. The predicted octanol–water partition coefficient (Wildman–Crippen LogP) is 4.73. The number of benzene rings is 2. The Bertz CT molecular complexity index is 1260. The van der Waals surface area contributed by atoms with Gasteiger partial charge in [0.1, 0.15) is 5.82 Å². The van der Waals surface area contributed by atoms with Gasteiger partial charge in [0, 0.05) is 31.2 Å². The van der Waals surface area contributed by atoms with Crippen molar-refractivity contribution in [3.63, 3.8) is 0 Å². The molecule has 1 aliphatic carbocycles. The topological polar surface area (TPSA) is 46.0 Å². The Kier molecular flexibility index (Phi) is 6.25. The molecule has 1 unspecified atom stereocenters. The summed E-state index contributed by atoms with van der Waals surface area (Å²) < 4.78 is 2.36. The van der Waals surface area contributed by atoms with Crippen LogP contribution in [0.3, 0.4) is 0 Å². The van der Waals surface area contributed by atoms with Gasteiger partial charge in [0.25, 0.3) is 0 Å².